The van der Waals surface area contributed by atoms with Crippen LogP contribution < -0.4 is 0 Å². The Morgan fingerprint density at radius 1 is 1.24 bits per heavy atom. The third-order valence-electron chi connectivity index (χ3n) is 3.13. The summed E-state index contributed by atoms with van der Waals surface area (Å²) in [5.41, 5.74) is 1.04. The van der Waals surface area contributed by atoms with Gasteiger partial charge in [0.2, 0.25) is 6.29 Å². The predicted octanol–water partition coefficient (Wildman–Crippen LogP) is -0.909. The first-order valence-electron chi connectivity index (χ1n) is 6.15. The number of aromatic nitrogens is 4. The number of hydrogen-bond donors (Lipinski definition) is 3. The topological polar surface area (TPSA) is 123 Å². The van der Waals surface area contributed by atoms with Crippen molar-refractivity contribution >= 4 is 22.9 Å². The van der Waals surface area contributed by atoms with Gasteiger partial charge >= 0.3 is 0 Å². The normalized spacial score (nSPS) is 29.9. The van der Waals surface area contributed by atoms with E-state index in [2.05, 4.69) is 15.0 Å². The molecule has 0 unspecified atom stereocenters. The molecule has 2 aromatic rings. The number of aliphatic hydroxyl groups excluding tert-OH is 3. The maximum absolute atomic E-state index is 9.92. The Balaban J connectivity index is 2.00. The zero-order chi connectivity index (χ0) is 15.0. The molecule has 2 aromatic heterocycles. The van der Waals surface area contributed by atoms with Crippen LogP contribution in [0, 0.1) is 0 Å². The monoisotopic (exact) mass is 314 g/mol. The zero-order valence-electron chi connectivity index (χ0n) is 11.0. The van der Waals surface area contributed by atoms with E-state index in [4.69, 9.17) is 14.6 Å². The summed E-state index contributed by atoms with van der Waals surface area (Å²) in [6, 6.07) is 0. The Morgan fingerprint density at radius 2 is 2.05 bits per heavy atom. The highest BCUT2D eigenvalue weighted by molar-refractivity contribution is 7.98. The Bertz CT molecular complexity index is 638. The van der Waals surface area contributed by atoms with Crippen LogP contribution in [0.1, 0.15) is 6.23 Å². The number of hydrogen-bond acceptors (Lipinski definition) is 9. The summed E-state index contributed by atoms with van der Waals surface area (Å²) in [5, 5.41) is 29.3. The summed E-state index contributed by atoms with van der Waals surface area (Å²) in [4.78, 5) is 12.5. The molecule has 3 N–H and O–H groups in total. The van der Waals surface area contributed by atoms with Gasteiger partial charge in [0.15, 0.2) is 18.2 Å². The molecule has 1 aliphatic rings. The highest BCUT2D eigenvalue weighted by Crippen LogP contribution is 2.29. The molecular weight excluding hydrogens is 300 g/mol. The lowest BCUT2D eigenvalue weighted by atomic mass is 10.3. The first-order valence-corrected chi connectivity index (χ1v) is 7.37. The largest absolute Gasteiger partial charge is 0.393 e. The van der Waals surface area contributed by atoms with Crippen molar-refractivity contribution in [3.8, 4) is 0 Å². The first kappa shape index (κ1) is 14.6. The zero-order valence-corrected chi connectivity index (χ0v) is 11.8. The van der Waals surface area contributed by atoms with Crippen molar-refractivity contribution in [3.05, 3.63) is 12.7 Å². The number of rotatable bonds is 3. The lowest BCUT2D eigenvalue weighted by Crippen LogP contribution is -2.48. The van der Waals surface area contributed by atoms with Crippen molar-refractivity contribution in [1.29, 1.82) is 0 Å². The molecular formula is C11H14N4O5S. The van der Waals surface area contributed by atoms with Crippen molar-refractivity contribution in [2.45, 2.75) is 29.9 Å². The van der Waals surface area contributed by atoms with Crippen LogP contribution >= 0.6 is 11.8 Å². The van der Waals surface area contributed by atoms with Gasteiger partial charge in [0.1, 0.15) is 23.0 Å². The fourth-order valence-electron chi connectivity index (χ4n) is 2.11. The van der Waals surface area contributed by atoms with Crippen LogP contribution in [0.25, 0.3) is 11.2 Å². The van der Waals surface area contributed by atoms with Gasteiger partial charge in [-0.05, 0) is 6.26 Å². The standard InChI is InChI=1S/C11H14N4O5S/c1-21-8-6-7(12-3-13-8)15(4-14-6)9-11(18)20-10(17)5(2-16)19-9/h3-5,9-11,16-18H,2H2,1H3/t5-,9-,10+,11-/m0/s1. The second kappa shape index (κ2) is 5.83. The molecule has 0 radical (unpaired) electrons. The molecule has 1 saturated heterocycles. The van der Waals surface area contributed by atoms with Gasteiger partial charge < -0.3 is 24.8 Å². The van der Waals surface area contributed by atoms with Crippen LogP contribution in [0.15, 0.2) is 17.7 Å². The summed E-state index contributed by atoms with van der Waals surface area (Å²) in [6.45, 7) is -0.442. The molecule has 4 atom stereocenters. The van der Waals surface area contributed by atoms with E-state index >= 15 is 0 Å². The lowest BCUT2D eigenvalue weighted by molar-refractivity contribution is -0.355. The van der Waals surface area contributed by atoms with Crippen LogP contribution in [0.4, 0.5) is 0 Å². The van der Waals surface area contributed by atoms with Gasteiger partial charge in [0, 0.05) is 0 Å². The van der Waals surface area contributed by atoms with Crippen LogP contribution in [-0.2, 0) is 9.47 Å². The van der Waals surface area contributed by atoms with Gasteiger partial charge in [0.25, 0.3) is 0 Å². The minimum absolute atomic E-state index is 0.442. The lowest BCUT2D eigenvalue weighted by Gasteiger charge is -2.36. The maximum Gasteiger partial charge on any atom is 0.203 e. The fraction of sp³-hybridized carbons (Fsp3) is 0.545. The van der Waals surface area contributed by atoms with Crippen molar-refractivity contribution in [2.24, 2.45) is 0 Å². The van der Waals surface area contributed by atoms with Crippen LogP contribution in [-0.4, -0.2) is 66.4 Å². The van der Waals surface area contributed by atoms with Crippen molar-refractivity contribution < 1.29 is 24.8 Å². The molecule has 1 fully saturated rings. The second-order valence-corrected chi connectivity index (χ2v) is 5.17. The average Bonchev–Trinajstić information content (AvgIpc) is 2.91. The molecule has 21 heavy (non-hydrogen) atoms. The maximum atomic E-state index is 9.92. The predicted molar refractivity (Wildman–Crippen MR) is 71.2 cm³/mol. The minimum Gasteiger partial charge on any atom is -0.393 e. The van der Waals surface area contributed by atoms with E-state index in [1.54, 1.807) is 0 Å². The highest BCUT2D eigenvalue weighted by Gasteiger charge is 2.38. The van der Waals surface area contributed by atoms with Gasteiger partial charge in [-0.3, -0.25) is 4.57 Å². The molecule has 0 aromatic carbocycles. The number of aliphatic hydroxyl groups is 3. The van der Waals surface area contributed by atoms with Gasteiger partial charge in [0.05, 0.1) is 12.9 Å². The van der Waals surface area contributed by atoms with Crippen molar-refractivity contribution in [2.75, 3.05) is 12.9 Å². The van der Waals surface area contributed by atoms with E-state index in [1.807, 2.05) is 6.26 Å². The quantitative estimate of drug-likeness (QED) is 0.488. The number of fused-ring (bicyclic) bond motifs is 1. The van der Waals surface area contributed by atoms with Gasteiger partial charge in [-0.1, -0.05) is 0 Å². The van der Waals surface area contributed by atoms with Gasteiger partial charge in [-0.25, -0.2) is 15.0 Å². The molecule has 0 spiro atoms. The molecule has 0 saturated carbocycles. The summed E-state index contributed by atoms with van der Waals surface area (Å²) in [5.74, 6) is 0. The van der Waals surface area contributed by atoms with Crippen LogP contribution in [0.5, 0.6) is 0 Å². The fourth-order valence-corrected chi connectivity index (χ4v) is 2.60. The van der Waals surface area contributed by atoms with Gasteiger partial charge in [-0.2, -0.15) is 0 Å². The van der Waals surface area contributed by atoms with E-state index in [0.29, 0.717) is 16.2 Å². The van der Waals surface area contributed by atoms with E-state index in [9.17, 15) is 10.2 Å². The number of imidazole rings is 1. The minimum atomic E-state index is -1.41. The number of nitrogens with zero attached hydrogens (tertiary/aromatic N) is 4. The first-order chi connectivity index (χ1) is 10.2. The summed E-state index contributed by atoms with van der Waals surface area (Å²) >= 11 is 1.42. The van der Waals surface area contributed by atoms with Crippen LogP contribution in [0.3, 0.4) is 0 Å². The molecule has 1 aliphatic heterocycles. The summed E-state index contributed by atoms with van der Waals surface area (Å²) < 4.78 is 11.9. The Morgan fingerprint density at radius 3 is 2.76 bits per heavy atom. The molecule has 0 bridgehead atoms. The number of thioether (sulfide) groups is 1. The van der Waals surface area contributed by atoms with E-state index in [0.717, 1.165) is 0 Å². The Hall–Kier alpha value is -1.30. The molecule has 0 aliphatic carbocycles. The van der Waals surface area contributed by atoms with Crippen molar-refractivity contribution in [1.82, 2.24) is 19.5 Å². The second-order valence-electron chi connectivity index (χ2n) is 4.37. The average molecular weight is 314 g/mol. The smallest absolute Gasteiger partial charge is 0.203 e. The van der Waals surface area contributed by atoms with E-state index in [1.165, 1.54) is 29.0 Å². The van der Waals surface area contributed by atoms with Gasteiger partial charge in [-0.15, -0.1) is 11.8 Å². The number of ether oxygens (including phenoxy) is 2. The Kier molecular flexibility index (Phi) is 4.06. The van der Waals surface area contributed by atoms with E-state index in [-0.39, 0.29) is 0 Å². The highest BCUT2D eigenvalue weighted by atomic mass is 32.2. The van der Waals surface area contributed by atoms with E-state index < -0.39 is 31.5 Å². The molecule has 0 amide bonds. The SMILES string of the molecule is CSc1ncnc2c1ncn2[C@H]1O[C@@H](CO)[C@H](O)O[C@@H]1O. The molecule has 3 rings (SSSR count). The summed E-state index contributed by atoms with van der Waals surface area (Å²) in [7, 11) is 0. The third kappa shape index (κ3) is 2.50. The van der Waals surface area contributed by atoms with Crippen molar-refractivity contribution in [3.63, 3.8) is 0 Å². The molecule has 3 heterocycles. The molecule has 10 heteroatoms. The Labute approximate surface area is 123 Å². The van der Waals surface area contributed by atoms with Crippen LogP contribution in [0.2, 0.25) is 0 Å². The molecule has 9 nitrogen and oxygen atoms in total. The summed E-state index contributed by atoms with van der Waals surface area (Å²) in [6.07, 6.45) is -0.0322. The third-order valence-corrected chi connectivity index (χ3v) is 3.81. The molecule has 114 valence electrons.